The first-order chi connectivity index (χ1) is 8.33. The van der Waals surface area contributed by atoms with Crippen LogP contribution in [0.2, 0.25) is 0 Å². The van der Waals surface area contributed by atoms with Gasteiger partial charge in [0.15, 0.2) is 0 Å². The molecule has 1 nitrogen and oxygen atoms in total. The molecular weight excluding hydrogens is 226 g/mol. The van der Waals surface area contributed by atoms with Crippen molar-refractivity contribution in [1.82, 2.24) is 4.90 Å². The third-order valence-corrected chi connectivity index (χ3v) is 4.10. The average molecular weight is 249 g/mol. The van der Waals surface area contributed by atoms with Gasteiger partial charge in [0.2, 0.25) is 0 Å². The van der Waals surface area contributed by atoms with Gasteiger partial charge < -0.3 is 0 Å². The number of aryl methyl sites for hydroxylation is 1. The zero-order valence-electron chi connectivity index (χ0n) is 10.7. The molecule has 0 N–H and O–H groups in total. The zero-order valence-corrected chi connectivity index (χ0v) is 11.6. The molecule has 0 aromatic heterocycles. The summed E-state index contributed by atoms with van der Waals surface area (Å²) in [7, 11) is 2.25. The number of nitrogens with zero attached hydrogens (tertiary/aromatic N) is 1. The fourth-order valence-corrected chi connectivity index (χ4v) is 3.04. The number of hydrogen-bond acceptors (Lipinski definition) is 2. The van der Waals surface area contributed by atoms with Crippen molar-refractivity contribution in [1.29, 1.82) is 0 Å². The van der Waals surface area contributed by atoms with E-state index in [0.29, 0.717) is 6.04 Å². The number of hydrogen-bond donors (Lipinski definition) is 1. The Kier molecular flexibility index (Phi) is 4.93. The molecule has 2 rings (SSSR count). The normalized spacial score (nSPS) is 20.9. The van der Waals surface area contributed by atoms with E-state index in [-0.39, 0.29) is 0 Å². The Labute approximate surface area is 111 Å². The second-order valence-corrected chi connectivity index (χ2v) is 5.47. The Bertz CT molecular complexity index is 351. The van der Waals surface area contributed by atoms with Crippen LogP contribution in [0.1, 0.15) is 42.9 Å². The Morgan fingerprint density at radius 3 is 2.82 bits per heavy atom. The van der Waals surface area contributed by atoms with Crippen LogP contribution in [0.5, 0.6) is 0 Å². The van der Waals surface area contributed by atoms with Crippen molar-refractivity contribution in [2.75, 3.05) is 19.3 Å². The summed E-state index contributed by atoms with van der Waals surface area (Å²) in [5, 5.41) is 0. The third-order valence-electron chi connectivity index (χ3n) is 3.79. The molecule has 1 fully saturated rings. The summed E-state index contributed by atoms with van der Waals surface area (Å²) in [6.45, 7) is 1.25. The topological polar surface area (TPSA) is 3.24 Å². The Hall–Kier alpha value is -0.470. The maximum atomic E-state index is 4.29. The van der Waals surface area contributed by atoms with E-state index in [2.05, 4.69) is 48.8 Å². The van der Waals surface area contributed by atoms with E-state index in [1.165, 1.54) is 38.6 Å². The van der Waals surface area contributed by atoms with Gasteiger partial charge in [-0.1, -0.05) is 24.3 Å². The zero-order chi connectivity index (χ0) is 12.1. The molecule has 1 aliphatic rings. The molecule has 0 bridgehead atoms. The summed E-state index contributed by atoms with van der Waals surface area (Å²) in [6, 6.07) is 9.64. The van der Waals surface area contributed by atoms with E-state index in [0.717, 1.165) is 5.75 Å². The Morgan fingerprint density at radius 1 is 1.29 bits per heavy atom. The lowest BCUT2D eigenvalue weighted by Gasteiger charge is -2.22. The van der Waals surface area contributed by atoms with E-state index in [1.54, 1.807) is 11.1 Å². The molecule has 0 amide bonds. The van der Waals surface area contributed by atoms with Crippen LogP contribution in [-0.4, -0.2) is 24.2 Å². The molecule has 0 radical (unpaired) electrons. The molecule has 0 aliphatic carbocycles. The van der Waals surface area contributed by atoms with Crippen molar-refractivity contribution < 1.29 is 0 Å². The summed E-state index contributed by atoms with van der Waals surface area (Å²) in [5.74, 6) is 1.01. The first kappa shape index (κ1) is 13.0. The van der Waals surface area contributed by atoms with Crippen LogP contribution >= 0.6 is 12.6 Å². The van der Waals surface area contributed by atoms with E-state index >= 15 is 0 Å². The lowest BCUT2D eigenvalue weighted by atomic mass is 9.95. The Balaban J connectivity index is 2.09. The number of likely N-dealkylation sites (tertiary alicyclic amines) is 1. The number of rotatable bonds is 5. The molecule has 1 aromatic rings. The number of unbranched alkanes of at least 4 members (excludes halogenated alkanes) is 1. The van der Waals surface area contributed by atoms with E-state index in [9.17, 15) is 0 Å². The van der Waals surface area contributed by atoms with Gasteiger partial charge in [0.1, 0.15) is 0 Å². The quantitative estimate of drug-likeness (QED) is 0.615. The minimum atomic E-state index is 0.655. The van der Waals surface area contributed by atoms with Gasteiger partial charge in [-0.25, -0.2) is 0 Å². The number of thiol groups is 1. The minimum absolute atomic E-state index is 0.655. The van der Waals surface area contributed by atoms with Gasteiger partial charge in [0, 0.05) is 6.04 Å². The summed E-state index contributed by atoms with van der Waals surface area (Å²) < 4.78 is 0. The second kappa shape index (κ2) is 6.46. The van der Waals surface area contributed by atoms with Crippen LogP contribution in [-0.2, 0) is 6.42 Å². The van der Waals surface area contributed by atoms with Gasteiger partial charge in [0.25, 0.3) is 0 Å². The van der Waals surface area contributed by atoms with E-state index < -0.39 is 0 Å². The monoisotopic (exact) mass is 249 g/mol. The number of benzene rings is 1. The van der Waals surface area contributed by atoms with Crippen LogP contribution < -0.4 is 0 Å². The van der Waals surface area contributed by atoms with Gasteiger partial charge in [-0.2, -0.15) is 12.6 Å². The van der Waals surface area contributed by atoms with E-state index in [1.807, 2.05) is 0 Å². The summed E-state index contributed by atoms with van der Waals surface area (Å²) >= 11 is 4.29. The van der Waals surface area contributed by atoms with Gasteiger partial charge >= 0.3 is 0 Å². The molecule has 1 atom stereocenters. The largest absolute Gasteiger partial charge is 0.299 e. The van der Waals surface area contributed by atoms with Crippen molar-refractivity contribution >= 4 is 12.6 Å². The van der Waals surface area contributed by atoms with E-state index in [4.69, 9.17) is 0 Å². The maximum Gasteiger partial charge on any atom is 0.0348 e. The highest BCUT2D eigenvalue weighted by atomic mass is 32.1. The van der Waals surface area contributed by atoms with Gasteiger partial charge in [-0.05, 0) is 62.6 Å². The lowest BCUT2D eigenvalue weighted by molar-refractivity contribution is 0.316. The van der Waals surface area contributed by atoms with Crippen LogP contribution in [0.3, 0.4) is 0 Å². The summed E-state index contributed by atoms with van der Waals surface area (Å²) in [5.41, 5.74) is 3.11. The van der Waals surface area contributed by atoms with Crippen molar-refractivity contribution in [2.24, 2.45) is 0 Å². The molecular formula is C15H23NS. The molecule has 1 unspecified atom stereocenters. The SMILES string of the molecule is CN1CCCC1c1ccccc1CCCCS. The van der Waals surface area contributed by atoms with Gasteiger partial charge in [0.05, 0.1) is 0 Å². The molecule has 1 heterocycles. The van der Waals surface area contributed by atoms with Crippen LogP contribution in [0.15, 0.2) is 24.3 Å². The second-order valence-electron chi connectivity index (χ2n) is 5.02. The molecule has 1 saturated heterocycles. The van der Waals surface area contributed by atoms with Gasteiger partial charge in [-0.15, -0.1) is 0 Å². The molecule has 17 heavy (non-hydrogen) atoms. The van der Waals surface area contributed by atoms with Crippen LogP contribution in [0.25, 0.3) is 0 Å². The smallest absolute Gasteiger partial charge is 0.0348 e. The van der Waals surface area contributed by atoms with Gasteiger partial charge in [-0.3, -0.25) is 4.90 Å². The highest BCUT2D eigenvalue weighted by Gasteiger charge is 2.23. The highest BCUT2D eigenvalue weighted by molar-refractivity contribution is 7.80. The van der Waals surface area contributed by atoms with Crippen molar-refractivity contribution in [3.8, 4) is 0 Å². The van der Waals surface area contributed by atoms with Crippen molar-refractivity contribution in [3.63, 3.8) is 0 Å². The first-order valence-electron chi connectivity index (χ1n) is 6.72. The predicted octanol–water partition coefficient (Wildman–Crippen LogP) is 3.71. The van der Waals surface area contributed by atoms with Crippen molar-refractivity contribution in [2.45, 2.75) is 38.1 Å². The lowest BCUT2D eigenvalue weighted by Crippen LogP contribution is -2.18. The molecule has 2 heteroatoms. The molecule has 1 aliphatic heterocycles. The summed E-state index contributed by atoms with van der Waals surface area (Å²) in [4.78, 5) is 2.50. The molecule has 1 aromatic carbocycles. The fraction of sp³-hybridized carbons (Fsp3) is 0.600. The molecule has 0 spiro atoms. The standard InChI is InChI=1S/C15H23NS/c1-16-11-6-10-15(16)14-9-3-2-7-13(14)8-4-5-12-17/h2-3,7,9,15,17H,4-6,8,10-12H2,1H3. The van der Waals surface area contributed by atoms with Crippen molar-refractivity contribution in [3.05, 3.63) is 35.4 Å². The predicted molar refractivity (Wildman–Crippen MR) is 77.8 cm³/mol. The third kappa shape index (κ3) is 3.26. The minimum Gasteiger partial charge on any atom is -0.299 e. The average Bonchev–Trinajstić information content (AvgIpc) is 2.76. The highest BCUT2D eigenvalue weighted by Crippen LogP contribution is 2.32. The Morgan fingerprint density at radius 2 is 2.12 bits per heavy atom. The fourth-order valence-electron chi connectivity index (χ4n) is 2.82. The maximum absolute atomic E-state index is 4.29. The van der Waals surface area contributed by atoms with Crippen LogP contribution in [0.4, 0.5) is 0 Å². The first-order valence-corrected chi connectivity index (χ1v) is 7.35. The van der Waals surface area contributed by atoms with Crippen LogP contribution in [0, 0.1) is 0 Å². The molecule has 94 valence electrons. The summed E-state index contributed by atoms with van der Waals surface area (Å²) in [6.07, 6.45) is 6.35. The molecule has 0 saturated carbocycles.